The Morgan fingerprint density at radius 3 is 2.48 bits per heavy atom. The van der Waals surface area contributed by atoms with Gasteiger partial charge in [-0.1, -0.05) is 24.3 Å². The molecule has 1 aliphatic rings. The number of benzene rings is 1. The van der Waals surface area contributed by atoms with Gasteiger partial charge in [0.15, 0.2) is 0 Å². The number of hydrogen-bond donors (Lipinski definition) is 0. The van der Waals surface area contributed by atoms with Gasteiger partial charge in [0.1, 0.15) is 5.75 Å². The number of rotatable bonds is 7. The summed E-state index contributed by atoms with van der Waals surface area (Å²) in [6, 6.07) is 8.18. The summed E-state index contributed by atoms with van der Waals surface area (Å²) >= 11 is 0. The molecule has 0 radical (unpaired) electrons. The maximum atomic E-state index is 5.17. The van der Waals surface area contributed by atoms with E-state index in [1.165, 1.54) is 37.9 Å². The molecule has 0 aromatic heterocycles. The van der Waals surface area contributed by atoms with Crippen molar-refractivity contribution in [2.75, 3.05) is 40.5 Å². The van der Waals surface area contributed by atoms with Crippen LogP contribution in [0.3, 0.4) is 0 Å². The zero-order valence-electron chi connectivity index (χ0n) is 13.3. The van der Waals surface area contributed by atoms with Gasteiger partial charge in [0.05, 0.1) is 7.11 Å². The molecule has 0 spiro atoms. The molecule has 0 saturated carbocycles. The summed E-state index contributed by atoms with van der Waals surface area (Å²) in [4.78, 5) is 2.53. The molecule has 0 aliphatic carbocycles. The van der Waals surface area contributed by atoms with Gasteiger partial charge in [-0.05, 0) is 56.0 Å². The van der Waals surface area contributed by atoms with E-state index < -0.39 is 0 Å². The number of piperidine rings is 1. The van der Waals surface area contributed by atoms with Crippen molar-refractivity contribution in [3.63, 3.8) is 0 Å². The third-order valence-electron chi connectivity index (χ3n) is 4.23. The Morgan fingerprint density at radius 2 is 1.86 bits per heavy atom. The fourth-order valence-corrected chi connectivity index (χ4v) is 2.80. The Morgan fingerprint density at radius 1 is 1.14 bits per heavy atom. The number of nitrogens with zero attached hydrogens (tertiary/aromatic N) is 1. The van der Waals surface area contributed by atoms with E-state index in [0.717, 1.165) is 24.8 Å². The monoisotopic (exact) mass is 289 g/mol. The van der Waals surface area contributed by atoms with Gasteiger partial charge in [-0.2, -0.15) is 0 Å². The molecule has 1 aliphatic heterocycles. The fourth-order valence-electron chi connectivity index (χ4n) is 2.80. The van der Waals surface area contributed by atoms with Crippen LogP contribution in [0.2, 0.25) is 0 Å². The van der Waals surface area contributed by atoms with Crippen molar-refractivity contribution in [3.05, 3.63) is 35.9 Å². The highest BCUT2D eigenvalue weighted by atomic mass is 16.5. The van der Waals surface area contributed by atoms with Crippen molar-refractivity contribution in [2.45, 2.75) is 19.3 Å². The van der Waals surface area contributed by atoms with E-state index in [4.69, 9.17) is 9.47 Å². The highest BCUT2D eigenvalue weighted by molar-refractivity contribution is 5.50. The molecule has 1 heterocycles. The molecule has 21 heavy (non-hydrogen) atoms. The minimum atomic E-state index is 0.853. The lowest BCUT2D eigenvalue weighted by atomic mass is 9.94. The van der Waals surface area contributed by atoms with Gasteiger partial charge >= 0.3 is 0 Å². The van der Waals surface area contributed by atoms with Gasteiger partial charge in [0.2, 0.25) is 0 Å². The van der Waals surface area contributed by atoms with E-state index >= 15 is 0 Å². The third kappa shape index (κ3) is 5.52. The Labute approximate surface area is 128 Å². The molecule has 0 amide bonds. The van der Waals surface area contributed by atoms with Crippen molar-refractivity contribution in [1.82, 2.24) is 4.90 Å². The lowest BCUT2D eigenvalue weighted by Crippen LogP contribution is -2.34. The molecule has 2 rings (SSSR count). The van der Waals surface area contributed by atoms with Gasteiger partial charge in [-0.25, -0.2) is 0 Å². The summed E-state index contributed by atoms with van der Waals surface area (Å²) in [5.41, 5.74) is 1.23. The predicted molar refractivity (Wildman–Crippen MR) is 87.7 cm³/mol. The molecule has 0 unspecified atom stereocenters. The SMILES string of the molecule is COCCC1CCN(C/C=C/c2ccc(OC)cc2)CC1. The summed E-state index contributed by atoms with van der Waals surface area (Å²) in [5, 5.41) is 0. The molecule has 1 aromatic rings. The second-order valence-corrected chi connectivity index (χ2v) is 5.70. The zero-order chi connectivity index (χ0) is 14.9. The number of ether oxygens (including phenoxy) is 2. The molecule has 1 saturated heterocycles. The summed E-state index contributed by atoms with van der Waals surface area (Å²) in [6.07, 6.45) is 8.28. The molecule has 0 N–H and O–H groups in total. The highest BCUT2D eigenvalue weighted by Crippen LogP contribution is 2.20. The molecule has 0 bridgehead atoms. The number of likely N-dealkylation sites (tertiary alicyclic amines) is 1. The zero-order valence-corrected chi connectivity index (χ0v) is 13.3. The van der Waals surface area contributed by atoms with Gasteiger partial charge < -0.3 is 9.47 Å². The first-order valence-electron chi connectivity index (χ1n) is 7.83. The first-order chi connectivity index (χ1) is 10.3. The summed E-state index contributed by atoms with van der Waals surface area (Å²) in [6.45, 7) is 4.37. The quantitative estimate of drug-likeness (QED) is 0.767. The highest BCUT2D eigenvalue weighted by Gasteiger charge is 2.17. The van der Waals surface area contributed by atoms with Crippen LogP contribution in [0.25, 0.3) is 6.08 Å². The molecular formula is C18H27NO2. The minimum absolute atomic E-state index is 0.853. The van der Waals surface area contributed by atoms with E-state index in [1.807, 2.05) is 12.1 Å². The van der Waals surface area contributed by atoms with Crippen LogP contribution in [-0.4, -0.2) is 45.4 Å². The number of hydrogen-bond acceptors (Lipinski definition) is 3. The molecule has 1 fully saturated rings. The van der Waals surface area contributed by atoms with Crippen molar-refractivity contribution >= 4 is 6.08 Å². The van der Waals surface area contributed by atoms with Crippen LogP contribution >= 0.6 is 0 Å². The van der Waals surface area contributed by atoms with E-state index in [2.05, 4.69) is 29.2 Å². The van der Waals surface area contributed by atoms with E-state index in [1.54, 1.807) is 14.2 Å². The Bertz CT molecular complexity index is 419. The lowest BCUT2D eigenvalue weighted by Gasteiger charge is -2.31. The van der Waals surface area contributed by atoms with Gasteiger partial charge in [-0.3, -0.25) is 4.90 Å². The van der Waals surface area contributed by atoms with Crippen LogP contribution in [0.5, 0.6) is 5.75 Å². The van der Waals surface area contributed by atoms with Crippen molar-refractivity contribution in [1.29, 1.82) is 0 Å². The lowest BCUT2D eigenvalue weighted by molar-refractivity contribution is 0.141. The number of methoxy groups -OCH3 is 2. The molecule has 1 aromatic carbocycles. The second kappa shape index (κ2) is 8.85. The normalized spacial score (nSPS) is 17.4. The summed E-state index contributed by atoms with van der Waals surface area (Å²) in [7, 11) is 3.49. The molecule has 3 heteroatoms. The first-order valence-corrected chi connectivity index (χ1v) is 7.83. The molecule has 116 valence electrons. The maximum absolute atomic E-state index is 5.17. The fraction of sp³-hybridized carbons (Fsp3) is 0.556. The Balaban J connectivity index is 1.70. The van der Waals surface area contributed by atoms with E-state index in [0.29, 0.717) is 0 Å². The Kier molecular flexibility index (Phi) is 6.77. The standard InChI is InChI=1S/C18H27NO2/c1-20-15-11-17-9-13-19(14-10-17)12-3-4-16-5-7-18(21-2)8-6-16/h3-8,17H,9-15H2,1-2H3/b4-3+. The van der Waals surface area contributed by atoms with Gasteiger partial charge in [0.25, 0.3) is 0 Å². The van der Waals surface area contributed by atoms with Crippen molar-refractivity contribution < 1.29 is 9.47 Å². The summed E-state index contributed by atoms with van der Waals surface area (Å²) < 4.78 is 10.3. The third-order valence-corrected chi connectivity index (χ3v) is 4.23. The average Bonchev–Trinajstić information content (AvgIpc) is 2.55. The molecular weight excluding hydrogens is 262 g/mol. The van der Waals surface area contributed by atoms with Crippen LogP contribution in [0, 0.1) is 5.92 Å². The van der Waals surface area contributed by atoms with Gasteiger partial charge in [0, 0.05) is 20.3 Å². The smallest absolute Gasteiger partial charge is 0.118 e. The van der Waals surface area contributed by atoms with E-state index in [-0.39, 0.29) is 0 Å². The minimum Gasteiger partial charge on any atom is -0.497 e. The Hall–Kier alpha value is -1.32. The van der Waals surface area contributed by atoms with E-state index in [9.17, 15) is 0 Å². The van der Waals surface area contributed by atoms with Crippen LogP contribution in [0.15, 0.2) is 30.3 Å². The second-order valence-electron chi connectivity index (χ2n) is 5.70. The first kappa shape index (κ1) is 16.1. The van der Waals surface area contributed by atoms with Crippen molar-refractivity contribution in [3.8, 4) is 5.75 Å². The molecule has 0 atom stereocenters. The molecule has 3 nitrogen and oxygen atoms in total. The van der Waals surface area contributed by atoms with Gasteiger partial charge in [-0.15, -0.1) is 0 Å². The largest absolute Gasteiger partial charge is 0.497 e. The van der Waals surface area contributed by atoms with Crippen LogP contribution in [0.1, 0.15) is 24.8 Å². The van der Waals surface area contributed by atoms with Crippen LogP contribution in [-0.2, 0) is 4.74 Å². The predicted octanol–water partition coefficient (Wildman–Crippen LogP) is 3.46. The van der Waals surface area contributed by atoms with Crippen molar-refractivity contribution in [2.24, 2.45) is 5.92 Å². The average molecular weight is 289 g/mol. The summed E-state index contributed by atoms with van der Waals surface area (Å²) in [5.74, 6) is 1.76. The van der Waals surface area contributed by atoms with Crippen LogP contribution < -0.4 is 4.74 Å². The topological polar surface area (TPSA) is 21.7 Å². The van der Waals surface area contributed by atoms with Crippen LogP contribution in [0.4, 0.5) is 0 Å². The maximum Gasteiger partial charge on any atom is 0.118 e.